The summed E-state index contributed by atoms with van der Waals surface area (Å²) in [5.41, 5.74) is -3.38. The zero-order valence-corrected chi connectivity index (χ0v) is 26.1. The van der Waals surface area contributed by atoms with Gasteiger partial charge in [-0.3, -0.25) is 24.0 Å². The monoisotopic (exact) mass is 597 g/mol. The van der Waals surface area contributed by atoms with Gasteiger partial charge in [0.2, 0.25) is 5.91 Å². The number of hydrogen-bond donors (Lipinski definition) is 1. The fourth-order valence-corrected chi connectivity index (χ4v) is 3.47. The van der Waals surface area contributed by atoms with Crippen molar-refractivity contribution in [3.8, 4) is 0 Å². The Hall–Kier alpha value is -4.21. The average Bonchev–Trinajstić information content (AvgIpc) is 2.99. The summed E-state index contributed by atoms with van der Waals surface area (Å²) in [6.45, 7) is 10.0. The molecular formula is C33H43NO9. The molecule has 43 heavy (non-hydrogen) atoms. The van der Waals surface area contributed by atoms with Gasteiger partial charge in [0.05, 0.1) is 0 Å². The minimum absolute atomic E-state index is 0.0226. The first-order valence-electron chi connectivity index (χ1n) is 14.1. The van der Waals surface area contributed by atoms with E-state index >= 15 is 0 Å². The number of esters is 4. The number of carbonyl (C=O) groups excluding carboxylic acids is 5. The highest BCUT2D eigenvalue weighted by molar-refractivity contribution is 6.00. The zero-order chi connectivity index (χ0) is 32.3. The molecule has 2 rings (SSSR count). The Bertz CT molecular complexity index is 1170. The quantitative estimate of drug-likeness (QED) is 0.180. The van der Waals surface area contributed by atoms with Crippen LogP contribution in [0.2, 0.25) is 0 Å². The van der Waals surface area contributed by atoms with Crippen molar-refractivity contribution in [2.24, 2.45) is 22.2 Å². The maximum absolute atomic E-state index is 13.2. The molecular weight excluding hydrogens is 554 g/mol. The number of rotatable bonds is 15. The lowest BCUT2D eigenvalue weighted by molar-refractivity contribution is -0.176. The maximum Gasteiger partial charge on any atom is 0.323 e. The average molecular weight is 598 g/mol. The van der Waals surface area contributed by atoms with Crippen LogP contribution in [0.4, 0.5) is 0 Å². The van der Waals surface area contributed by atoms with Crippen molar-refractivity contribution in [1.82, 2.24) is 5.32 Å². The molecule has 0 bridgehead atoms. The summed E-state index contributed by atoms with van der Waals surface area (Å²) in [6, 6.07) is 18.0. The van der Waals surface area contributed by atoms with Crippen LogP contribution in [0.25, 0.3) is 0 Å². The van der Waals surface area contributed by atoms with Gasteiger partial charge in [0.25, 0.3) is 0 Å². The number of ether oxygens (including phenoxy) is 4. The Morgan fingerprint density at radius 1 is 0.605 bits per heavy atom. The maximum atomic E-state index is 13.2. The van der Waals surface area contributed by atoms with Gasteiger partial charge in [0, 0.05) is 6.54 Å². The summed E-state index contributed by atoms with van der Waals surface area (Å²) in [5.74, 6) is -3.83. The minimum atomic E-state index is -1.68. The van der Waals surface area contributed by atoms with Crippen molar-refractivity contribution in [2.45, 2.75) is 61.7 Å². The Morgan fingerprint density at radius 2 is 0.953 bits per heavy atom. The van der Waals surface area contributed by atoms with E-state index in [9.17, 15) is 24.0 Å². The van der Waals surface area contributed by atoms with Crippen LogP contribution >= 0.6 is 0 Å². The van der Waals surface area contributed by atoms with Gasteiger partial charge in [-0.25, -0.2) is 0 Å². The minimum Gasteiger partial charge on any atom is -0.464 e. The van der Waals surface area contributed by atoms with Gasteiger partial charge in [0.15, 0.2) is 10.8 Å². The van der Waals surface area contributed by atoms with Crippen molar-refractivity contribution in [3.05, 3.63) is 71.8 Å². The van der Waals surface area contributed by atoms with Crippen molar-refractivity contribution in [2.75, 3.05) is 19.8 Å². The molecule has 0 unspecified atom stereocenters. The number of nitrogens with one attached hydrogen (secondary N) is 1. The van der Waals surface area contributed by atoms with Gasteiger partial charge in [0.1, 0.15) is 31.8 Å². The molecule has 0 heterocycles. The number of carbonyl (C=O) groups is 5. The second kappa shape index (κ2) is 15.3. The van der Waals surface area contributed by atoms with E-state index in [0.717, 1.165) is 11.1 Å². The van der Waals surface area contributed by atoms with E-state index in [1.54, 1.807) is 48.5 Å². The molecule has 0 atom stereocenters. The highest BCUT2D eigenvalue weighted by Gasteiger charge is 2.45. The van der Waals surface area contributed by atoms with Crippen LogP contribution in [0.15, 0.2) is 60.7 Å². The SMILES string of the molecule is CC(C)CNC(=O)C(C)(COC(=O)C(C)(C)C(=O)OCc1ccccc1)COC(=O)C(C)(C)C(=O)OCc1ccccc1. The van der Waals surface area contributed by atoms with E-state index < -0.39 is 59.2 Å². The predicted molar refractivity (Wildman–Crippen MR) is 158 cm³/mol. The largest absolute Gasteiger partial charge is 0.464 e. The second-order valence-corrected chi connectivity index (χ2v) is 12.2. The molecule has 234 valence electrons. The molecule has 1 N–H and O–H groups in total. The van der Waals surface area contributed by atoms with Gasteiger partial charge in [-0.05, 0) is 51.7 Å². The Labute approximate surface area is 253 Å². The van der Waals surface area contributed by atoms with Crippen LogP contribution in [0.5, 0.6) is 0 Å². The van der Waals surface area contributed by atoms with Gasteiger partial charge < -0.3 is 24.3 Å². The van der Waals surface area contributed by atoms with Gasteiger partial charge in [-0.15, -0.1) is 0 Å². The summed E-state index contributed by atoms with van der Waals surface area (Å²) < 4.78 is 21.5. The van der Waals surface area contributed by atoms with Crippen LogP contribution in [0.1, 0.15) is 59.6 Å². The molecule has 0 radical (unpaired) electrons. The molecule has 0 fully saturated rings. The molecule has 0 aliphatic carbocycles. The summed E-state index contributed by atoms with van der Waals surface area (Å²) in [5, 5.41) is 2.77. The predicted octanol–water partition coefficient (Wildman–Crippen LogP) is 4.39. The smallest absolute Gasteiger partial charge is 0.323 e. The number of benzene rings is 2. The molecule has 0 aromatic heterocycles. The molecule has 0 aliphatic rings. The molecule has 2 aromatic carbocycles. The lowest BCUT2D eigenvalue weighted by Crippen LogP contribution is -2.49. The molecule has 2 aromatic rings. The van der Waals surface area contributed by atoms with Crippen molar-refractivity contribution in [3.63, 3.8) is 0 Å². The normalized spacial score (nSPS) is 11.8. The van der Waals surface area contributed by atoms with E-state index in [4.69, 9.17) is 18.9 Å². The van der Waals surface area contributed by atoms with Crippen LogP contribution in [0.3, 0.4) is 0 Å². The van der Waals surface area contributed by atoms with Crippen LogP contribution in [0, 0.1) is 22.2 Å². The summed E-state index contributed by atoms with van der Waals surface area (Å²) in [4.78, 5) is 64.7. The fraction of sp³-hybridized carbons (Fsp3) is 0.485. The molecule has 10 heteroatoms. The van der Waals surface area contributed by atoms with E-state index in [-0.39, 0.29) is 19.1 Å². The molecule has 0 spiro atoms. The van der Waals surface area contributed by atoms with Crippen molar-refractivity contribution < 1.29 is 42.9 Å². The van der Waals surface area contributed by atoms with Crippen LogP contribution in [-0.2, 0) is 56.1 Å². The lowest BCUT2D eigenvalue weighted by Gasteiger charge is -2.30. The number of hydrogen-bond acceptors (Lipinski definition) is 9. The first-order chi connectivity index (χ1) is 20.1. The Balaban J connectivity index is 2.07. The van der Waals surface area contributed by atoms with Crippen LogP contribution < -0.4 is 5.32 Å². The van der Waals surface area contributed by atoms with E-state index in [1.165, 1.54) is 34.6 Å². The highest BCUT2D eigenvalue weighted by Crippen LogP contribution is 2.27. The molecule has 0 aliphatic heterocycles. The first kappa shape index (κ1) is 35.0. The summed E-state index contributed by atoms with van der Waals surface area (Å²) in [6.07, 6.45) is 0. The van der Waals surface area contributed by atoms with Crippen LogP contribution in [-0.4, -0.2) is 49.5 Å². The summed E-state index contributed by atoms with van der Waals surface area (Å²) >= 11 is 0. The third-order valence-electron chi connectivity index (χ3n) is 6.73. The lowest BCUT2D eigenvalue weighted by atomic mass is 9.89. The third-order valence-corrected chi connectivity index (χ3v) is 6.73. The molecule has 0 saturated carbocycles. The van der Waals surface area contributed by atoms with E-state index in [2.05, 4.69) is 5.32 Å². The Kier molecular flexibility index (Phi) is 12.5. The summed E-state index contributed by atoms with van der Waals surface area (Å²) in [7, 11) is 0. The zero-order valence-electron chi connectivity index (χ0n) is 26.1. The molecule has 1 amide bonds. The molecule has 0 saturated heterocycles. The van der Waals surface area contributed by atoms with Crippen molar-refractivity contribution in [1.29, 1.82) is 0 Å². The number of amides is 1. The van der Waals surface area contributed by atoms with Gasteiger partial charge in [-0.2, -0.15) is 0 Å². The van der Waals surface area contributed by atoms with E-state index in [1.807, 2.05) is 26.0 Å². The standard InChI is InChI=1S/C33H43NO9/c1-23(2)18-34-26(35)33(7,21-42-29(38)31(3,4)27(36)40-19-24-14-10-8-11-15-24)22-43-30(39)32(5,6)28(37)41-20-25-16-12-9-13-17-25/h8-17,23H,18-22H2,1-7H3,(H,34,35). The van der Waals surface area contributed by atoms with Crippen molar-refractivity contribution >= 4 is 29.8 Å². The first-order valence-corrected chi connectivity index (χ1v) is 14.1. The second-order valence-electron chi connectivity index (χ2n) is 12.2. The van der Waals surface area contributed by atoms with Gasteiger partial charge >= 0.3 is 23.9 Å². The topological polar surface area (TPSA) is 134 Å². The molecule has 10 nitrogen and oxygen atoms in total. The third kappa shape index (κ3) is 10.2. The van der Waals surface area contributed by atoms with Gasteiger partial charge in [-0.1, -0.05) is 74.5 Å². The highest BCUT2D eigenvalue weighted by atomic mass is 16.6. The van der Waals surface area contributed by atoms with E-state index in [0.29, 0.717) is 6.54 Å². The fourth-order valence-electron chi connectivity index (χ4n) is 3.47. The Morgan fingerprint density at radius 3 is 1.30 bits per heavy atom.